The fourth-order valence-electron chi connectivity index (χ4n) is 3.36. The van der Waals surface area contributed by atoms with Crippen LogP contribution in [0.1, 0.15) is 38.2 Å². The molecule has 2 fully saturated rings. The Morgan fingerprint density at radius 3 is 2.45 bits per heavy atom. The maximum Gasteiger partial charge on any atom is 0.253 e. The van der Waals surface area contributed by atoms with Crippen LogP contribution in [0.15, 0.2) is 30.3 Å². The molecule has 3 rings (SSSR count). The van der Waals surface area contributed by atoms with Crippen LogP contribution in [-0.2, 0) is 15.1 Å². The maximum atomic E-state index is 12.9. The number of rotatable bonds is 2. The first kappa shape index (κ1) is 13.2. The van der Waals surface area contributed by atoms with E-state index in [-0.39, 0.29) is 24.4 Å². The lowest BCUT2D eigenvalue weighted by atomic mass is 9.87. The van der Waals surface area contributed by atoms with E-state index in [0.29, 0.717) is 0 Å². The summed E-state index contributed by atoms with van der Waals surface area (Å²) in [6, 6.07) is 9.74. The maximum absolute atomic E-state index is 12.9. The van der Waals surface area contributed by atoms with Crippen LogP contribution >= 0.6 is 0 Å². The van der Waals surface area contributed by atoms with Gasteiger partial charge in [-0.1, -0.05) is 43.2 Å². The number of amides is 2. The van der Waals surface area contributed by atoms with Crippen molar-refractivity contribution in [2.45, 2.75) is 44.2 Å². The van der Waals surface area contributed by atoms with Crippen molar-refractivity contribution in [1.82, 2.24) is 10.2 Å². The van der Waals surface area contributed by atoms with Crippen molar-refractivity contribution in [3.63, 3.8) is 0 Å². The Morgan fingerprint density at radius 1 is 1.15 bits per heavy atom. The predicted octanol–water partition coefficient (Wildman–Crippen LogP) is 1.80. The largest absolute Gasteiger partial charge is 0.337 e. The van der Waals surface area contributed by atoms with Gasteiger partial charge in [0, 0.05) is 6.04 Å². The zero-order chi connectivity index (χ0) is 14.2. The molecule has 1 N–H and O–H groups in total. The predicted molar refractivity (Wildman–Crippen MR) is 75.9 cm³/mol. The third-order valence-electron chi connectivity index (χ3n) is 4.51. The number of nitrogens with one attached hydrogen (secondary N) is 1. The highest BCUT2D eigenvalue weighted by atomic mass is 16.2. The van der Waals surface area contributed by atoms with Crippen molar-refractivity contribution < 1.29 is 9.59 Å². The van der Waals surface area contributed by atoms with Crippen molar-refractivity contribution in [3.05, 3.63) is 35.9 Å². The molecular weight excluding hydrogens is 252 g/mol. The van der Waals surface area contributed by atoms with Crippen molar-refractivity contribution in [1.29, 1.82) is 0 Å². The SMILES string of the molecule is CC1(c2ccccc2)NC(=O)CN(C2CCCC2)C1=O. The van der Waals surface area contributed by atoms with Gasteiger partial charge in [-0.3, -0.25) is 9.59 Å². The molecular formula is C16H20N2O2. The van der Waals surface area contributed by atoms with Crippen LogP contribution in [0.25, 0.3) is 0 Å². The molecule has 0 aromatic heterocycles. The van der Waals surface area contributed by atoms with Crippen LogP contribution in [0.2, 0.25) is 0 Å². The van der Waals surface area contributed by atoms with Crippen molar-refractivity contribution in [3.8, 4) is 0 Å². The summed E-state index contributed by atoms with van der Waals surface area (Å²) in [6.45, 7) is 2.01. The lowest BCUT2D eigenvalue weighted by Crippen LogP contribution is -2.65. The molecule has 1 unspecified atom stereocenters. The van der Waals surface area contributed by atoms with Crippen LogP contribution < -0.4 is 5.32 Å². The number of piperazine rings is 1. The van der Waals surface area contributed by atoms with Gasteiger partial charge in [0.2, 0.25) is 5.91 Å². The highest BCUT2D eigenvalue weighted by Crippen LogP contribution is 2.31. The van der Waals surface area contributed by atoms with E-state index < -0.39 is 5.54 Å². The van der Waals surface area contributed by atoms with Gasteiger partial charge >= 0.3 is 0 Å². The molecule has 1 aliphatic heterocycles. The molecule has 2 aliphatic rings. The van der Waals surface area contributed by atoms with Crippen molar-refractivity contribution >= 4 is 11.8 Å². The van der Waals surface area contributed by atoms with E-state index in [2.05, 4.69) is 5.32 Å². The highest BCUT2D eigenvalue weighted by Gasteiger charge is 2.46. The molecule has 4 heteroatoms. The molecule has 1 atom stereocenters. The molecule has 1 heterocycles. The smallest absolute Gasteiger partial charge is 0.253 e. The van der Waals surface area contributed by atoms with Crippen LogP contribution in [0.4, 0.5) is 0 Å². The lowest BCUT2D eigenvalue weighted by molar-refractivity contribution is -0.152. The second kappa shape index (κ2) is 4.93. The van der Waals surface area contributed by atoms with Gasteiger partial charge in [0.15, 0.2) is 0 Å². The Labute approximate surface area is 119 Å². The summed E-state index contributed by atoms with van der Waals surface area (Å²) >= 11 is 0. The third kappa shape index (κ3) is 2.09. The van der Waals surface area contributed by atoms with Gasteiger partial charge in [-0.05, 0) is 25.3 Å². The summed E-state index contributed by atoms with van der Waals surface area (Å²) in [6.07, 6.45) is 4.34. The average molecular weight is 272 g/mol. The molecule has 1 aliphatic carbocycles. The second-order valence-corrected chi connectivity index (χ2v) is 5.91. The van der Waals surface area contributed by atoms with E-state index in [1.165, 1.54) is 0 Å². The van der Waals surface area contributed by atoms with E-state index in [1.807, 2.05) is 37.3 Å². The number of carbonyl (C=O) groups is 2. The molecule has 0 bridgehead atoms. The minimum Gasteiger partial charge on any atom is -0.337 e. The molecule has 1 aromatic rings. The van der Waals surface area contributed by atoms with E-state index in [0.717, 1.165) is 31.2 Å². The summed E-state index contributed by atoms with van der Waals surface area (Å²) in [4.78, 5) is 26.7. The Morgan fingerprint density at radius 2 is 1.80 bits per heavy atom. The topological polar surface area (TPSA) is 49.4 Å². The second-order valence-electron chi connectivity index (χ2n) is 5.91. The zero-order valence-electron chi connectivity index (χ0n) is 11.8. The minimum atomic E-state index is -0.931. The first-order valence-corrected chi connectivity index (χ1v) is 7.29. The standard InChI is InChI=1S/C16H20N2O2/c1-16(12-7-3-2-4-8-12)15(20)18(11-14(19)17-16)13-9-5-6-10-13/h2-4,7-8,13H,5-6,9-11H2,1H3,(H,17,19). The number of hydrogen-bond donors (Lipinski definition) is 1. The summed E-state index contributed by atoms with van der Waals surface area (Å²) in [5.74, 6) is -0.0435. The van der Waals surface area contributed by atoms with Gasteiger partial charge in [-0.15, -0.1) is 0 Å². The van der Waals surface area contributed by atoms with Gasteiger partial charge in [0.25, 0.3) is 5.91 Å². The molecule has 106 valence electrons. The fraction of sp³-hybridized carbons (Fsp3) is 0.500. The quantitative estimate of drug-likeness (QED) is 0.892. The molecule has 20 heavy (non-hydrogen) atoms. The first-order valence-electron chi connectivity index (χ1n) is 7.29. The lowest BCUT2D eigenvalue weighted by Gasteiger charge is -2.42. The third-order valence-corrected chi connectivity index (χ3v) is 4.51. The summed E-state index contributed by atoms with van der Waals surface area (Å²) in [5.41, 5.74) is -0.0832. The van der Waals surface area contributed by atoms with E-state index in [4.69, 9.17) is 0 Å². The van der Waals surface area contributed by atoms with Gasteiger partial charge in [-0.25, -0.2) is 0 Å². The Kier molecular flexibility index (Phi) is 3.24. The van der Waals surface area contributed by atoms with Gasteiger partial charge in [-0.2, -0.15) is 0 Å². The Hall–Kier alpha value is -1.84. The van der Waals surface area contributed by atoms with Crippen molar-refractivity contribution in [2.24, 2.45) is 0 Å². The average Bonchev–Trinajstić information content (AvgIpc) is 2.98. The van der Waals surface area contributed by atoms with Gasteiger partial charge < -0.3 is 10.2 Å². The molecule has 1 saturated carbocycles. The molecule has 1 aromatic carbocycles. The molecule has 1 saturated heterocycles. The summed E-state index contributed by atoms with van der Waals surface area (Å²) < 4.78 is 0. The van der Waals surface area contributed by atoms with Crippen LogP contribution in [-0.4, -0.2) is 29.3 Å². The van der Waals surface area contributed by atoms with Gasteiger partial charge in [0.1, 0.15) is 5.54 Å². The van der Waals surface area contributed by atoms with E-state index in [9.17, 15) is 9.59 Å². The minimum absolute atomic E-state index is 0.0233. The van der Waals surface area contributed by atoms with Gasteiger partial charge in [0.05, 0.1) is 6.54 Å². The summed E-state index contributed by atoms with van der Waals surface area (Å²) in [7, 11) is 0. The van der Waals surface area contributed by atoms with E-state index in [1.54, 1.807) is 4.90 Å². The summed E-state index contributed by atoms with van der Waals surface area (Å²) in [5, 5.41) is 2.88. The first-order chi connectivity index (χ1) is 9.61. The highest BCUT2D eigenvalue weighted by molar-refractivity contribution is 5.98. The van der Waals surface area contributed by atoms with Crippen molar-refractivity contribution in [2.75, 3.05) is 6.54 Å². The molecule has 0 radical (unpaired) electrons. The molecule has 2 amide bonds. The Balaban J connectivity index is 1.94. The van der Waals surface area contributed by atoms with Crippen LogP contribution in [0.3, 0.4) is 0 Å². The number of benzene rings is 1. The molecule has 0 spiro atoms. The number of hydrogen-bond acceptors (Lipinski definition) is 2. The Bertz CT molecular complexity index is 523. The number of nitrogens with zero attached hydrogens (tertiary/aromatic N) is 1. The van der Waals surface area contributed by atoms with Crippen LogP contribution in [0.5, 0.6) is 0 Å². The molecule has 4 nitrogen and oxygen atoms in total. The number of carbonyl (C=O) groups excluding carboxylic acids is 2. The monoisotopic (exact) mass is 272 g/mol. The van der Waals surface area contributed by atoms with E-state index >= 15 is 0 Å². The van der Waals surface area contributed by atoms with Crippen LogP contribution in [0, 0.1) is 0 Å². The zero-order valence-corrected chi connectivity index (χ0v) is 11.8. The normalized spacial score (nSPS) is 27.8. The fourth-order valence-corrected chi connectivity index (χ4v) is 3.36.